The molecule has 3 rings (SSSR count). The van der Waals surface area contributed by atoms with Gasteiger partial charge < -0.3 is 10.1 Å². The van der Waals surface area contributed by atoms with Crippen LogP contribution in [0.2, 0.25) is 0 Å². The predicted octanol–water partition coefficient (Wildman–Crippen LogP) is 3.90. The van der Waals surface area contributed by atoms with Crippen LogP contribution in [-0.4, -0.2) is 21.1 Å². The van der Waals surface area contributed by atoms with Crippen LogP contribution in [0.15, 0.2) is 45.8 Å². The molecule has 0 saturated heterocycles. The molecule has 2 N–H and O–H groups in total. The van der Waals surface area contributed by atoms with Gasteiger partial charge in [0.2, 0.25) is 5.88 Å². The molecule has 2 aromatic heterocycles. The number of rotatable bonds is 4. The van der Waals surface area contributed by atoms with Crippen molar-refractivity contribution in [1.29, 1.82) is 0 Å². The van der Waals surface area contributed by atoms with Crippen molar-refractivity contribution in [3.63, 3.8) is 0 Å². The number of carbonyl (C=O) groups excluding carboxylic acids is 1. The zero-order valence-corrected chi connectivity index (χ0v) is 16.5. The second-order valence-electron chi connectivity index (χ2n) is 5.96. The van der Waals surface area contributed by atoms with E-state index in [0.717, 1.165) is 5.56 Å². The molecule has 138 valence electrons. The summed E-state index contributed by atoms with van der Waals surface area (Å²) in [7, 11) is 0. The smallest absolute Gasteiger partial charge is 0.277 e. The number of ether oxygens (including phenoxy) is 1. The molecule has 0 atom stereocenters. The molecule has 2 heterocycles. The molecular weight excluding hydrogens is 412 g/mol. The number of carbonyl (C=O) groups is 1. The zero-order valence-electron chi connectivity index (χ0n) is 15.0. The van der Waals surface area contributed by atoms with Gasteiger partial charge in [0, 0.05) is 18.0 Å². The molecule has 0 saturated carbocycles. The number of hydrogen-bond donors (Lipinski definition) is 2. The monoisotopic (exact) mass is 428 g/mol. The van der Waals surface area contributed by atoms with Crippen LogP contribution in [0.25, 0.3) is 0 Å². The second-order valence-corrected chi connectivity index (χ2v) is 6.82. The van der Waals surface area contributed by atoms with Crippen molar-refractivity contribution in [3.8, 4) is 11.6 Å². The average Bonchev–Trinajstić information content (AvgIpc) is 2.63. The maximum Gasteiger partial charge on any atom is 0.277 e. The largest absolute Gasteiger partial charge is 0.438 e. The molecule has 8 heteroatoms. The van der Waals surface area contributed by atoms with Crippen LogP contribution >= 0.6 is 15.9 Å². The van der Waals surface area contributed by atoms with E-state index in [1.54, 1.807) is 38.2 Å². The lowest BCUT2D eigenvalue weighted by molar-refractivity contribution is 0.102. The van der Waals surface area contributed by atoms with E-state index >= 15 is 0 Å². The summed E-state index contributed by atoms with van der Waals surface area (Å²) in [5.41, 5.74) is 2.01. The van der Waals surface area contributed by atoms with Gasteiger partial charge in [-0.05, 0) is 66.0 Å². The Morgan fingerprint density at radius 2 is 2.00 bits per heavy atom. The van der Waals surface area contributed by atoms with Crippen LogP contribution in [0.4, 0.5) is 5.69 Å². The molecule has 0 spiro atoms. The van der Waals surface area contributed by atoms with Gasteiger partial charge >= 0.3 is 0 Å². The first-order valence-corrected chi connectivity index (χ1v) is 8.92. The van der Waals surface area contributed by atoms with E-state index in [0.29, 0.717) is 33.0 Å². The average molecular weight is 429 g/mol. The molecule has 0 aliphatic carbocycles. The number of pyridine rings is 1. The van der Waals surface area contributed by atoms with Gasteiger partial charge in [-0.1, -0.05) is 6.07 Å². The number of benzene rings is 1. The molecule has 7 nitrogen and oxygen atoms in total. The predicted molar refractivity (Wildman–Crippen MR) is 105 cm³/mol. The molecule has 0 aliphatic heterocycles. The SMILES string of the molecule is Cc1ccc(NC(=O)c2c(C)c(C)n[nH]c2=O)cc1Oc1ncccc1Br. The molecule has 0 fully saturated rings. The van der Waals surface area contributed by atoms with Gasteiger partial charge in [-0.2, -0.15) is 5.10 Å². The molecule has 3 aromatic rings. The number of anilines is 1. The Morgan fingerprint density at radius 1 is 1.22 bits per heavy atom. The Balaban J connectivity index is 1.89. The Hall–Kier alpha value is -3.00. The first kappa shape index (κ1) is 18.8. The Morgan fingerprint density at radius 3 is 2.74 bits per heavy atom. The fraction of sp³-hybridized carbons (Fsp3) is 0.158. The lowest BCUT2D eigenvalue weighted by Gasteiger charge is -2.12. The quantitative estimate of drug-likeness (QED) is 0.656. The minimum absolute atomic E-state index is 0.0398. The fourth-order valence-electron chi connectivity index (χ4n) is 2.43. The normalized spacial score (nSPS) is 10.5. The van der Waals surface area contributed by atoms with Crippen molar-refractivity contribution in [2.75, 3.05) is 5.32 Å². The number of aromatic nitrogens is 3. The summed E-state index contributed by atoms with van der Waals surface area (Å²) in [6.45, 7) is 5.30. The molecule has 27 heavy (non-hydrogen) atoms. The van der Waals surface area contributed by atoms with Gasteiger partial charge in [0.05, 0.1) is 10.2 Å². The highest BCUT2D eigenvalue weighted by Gasteiger charge is 2.17. The van der Waals surface area contributed by atoms with Crippen molar-refractivity contribution in [2.24, 2.45) is 0 Å². The summed E-state index contributed by atoms with van der Waals surface area (Å²) in [6.07, 6.45) is 1.63. The van der Waals surface area contributed by atoms with Crippen LogP contribution in [-0.2, 0) is 0 Å². The van der Waals surface area contributed by atoms with E-state index in [1.165, 1.54) is 0 Å². The maximum atomic E-state index is 12.6. The third-order valence-electron chi connectivity index (χ3n) is 4.07. The van der Waals surface area contributed by atoms with Crippen LogP contribution in [0, 0.1) is 20.8 Å². The number of H-pyrrole nitrogens is 1. The molecule has 0 unspecified atom stereocenters. The lowest BCUT2D eigenvalue weighted by Crippen LogP contribution is -2.26. The van der Waals surface area contributed by atoms with Crippen LogP contribution in [0.1, 0.15) is 27.2 Å². The van der Waals surface area contributed by atoms with Crippen molar-refractivity contribution in [2.45, 2.75) is 20.8 Å². The number of amides is 1. The molecule has 1 amide bonds. The van der Waals surface area contributed by atoms with Crippen molar-refractivity contribution in [1.82, 2.24) is 15.2 Å². The molecule has 0 bridgehead atoms. The summed E-state index contributed by atoms with van der Waals surface area (Å²) in [4.78, 5) is 28.8. The van der Waals surface area contributed by atoms with Crippen LogP contribution < -0.4 is 15.6 Å². The van der Waals surface area contributed by atoms with Gasteiger partial charge in [0.1, 0.15) is 11.3 Å². The first-order valence-electron chi connectivity index (χ1n) is 8.13. The first-order chi connectivity index (χ1) is 12.9. The minimum atomic E-state index is -0.531. The number of nitrogens with one attached hydrogen (secondary N) is 2. The Bertz CT molecular complexity index is 1080. The second kappa shape index (κ2) is 7.71. The van der Waals surface area contributed by atoms with Gasteiger partial charge in [-0.3, -0.25) is 9.59 Å². The zero-order chi connectivity index (χ0) is 19.6. The molecule has 0 aliphatic rings. The number of nitrogens with zero attached hydrogens (tertiary/aromatic N) is 2. The van der Waals surface area contributed by atoms with Crippen LogP contribution in [0.3, 0.4) is 0 Å². The highest BCUT2D eigenvalue weighted by molar-refractivity contribution is 9.10. The number of aryl methyl sites for hydroxylation is 2. The van der Waals surface area contributed by atoms with E-state index < -0.39 is 11.5 Å². The van der Waals surface area contributed by atoms with Gasteiger partial charge in [0.15, 0.2) is 0 Å². The van der Waals surface area contributed by atoms with Crippen LogP contribution in [0.5, 0.6) is 11.6 Å². The summed E-state index contributed by atoms with van der Waals surface area (Å²) in [6, 6.07) is 8.86. The van der Waals surface area contributed by atoms with E-state index in [2.05, 4.69) is 36.4 Å². The molecule has 0 radical (unpaired) electrons. The van der Waals surface area contributed by atoms with Crippen molar-refractivity contribution >= 4 is 27.5 Å². The number of halogens is 1. The molecule has 1 aromatic carbocycles. The Kier molecular flexibility index (Phi) is 5.36. The van der Waals surface area contributed by atoms with Crippen molar-refractivity contribution in [3.05, 3.63) is 73.7 Å². The summed E-state index contributed by atoms with van der Waals surface area (Å²) >= 11 is 3.39. The fourth-order valence-corrected chi connectivity index (χ4v) is 2.77. The summed E-state index contributed by atoms with van der Waals surface area (Å²) < 4.78 is 6.56. The highest BCUT2D eigenvalue weighted by Crippen LogP contribution is 2.31. The number of aromatic amines is 1. The summed E-state index contributed by atoms with van der Waals surface area (Å²) in [5, 5.41) is 8.93. The van der Waals surface area contributed by atoms with E-state index in [9.17, 15) is 9.59 Å². The third-order valence-corrected chi connectivity index (χ3v) is 4.68. The summed E-state index contributed by atoms with van der Waals surface area (Å²) in [5.74, 6) is 0.456. The van der Waals surface area contributed by atoms with E-state index in [1.807, 2.05) is 19.1 Å². The Labute approximate surface area is 163 Å². The van der Waals surface area contributed by atoms with Gasteiger partial charge in [-0.15, -0.1) is 0 Å². The van der Waals surface area contributed by atoms with Gasteiger partial charge in [0.25, 0.3) is 11.5 Å². The lowest BCUT2D eigenvalue weighted by atomic mass is 10.1. The maximum absolute atomic E-state index is 12.6. The van der Waals surface area contributed by atoms with Gasteiger partial charge in [-0.25, -0.2) is 10.1 Å². The van der Waals surface area contributed by atoms with E-state index in [-0.39, 0.29) is 5.56 Å². The highest BCUT2D eigenvalue weighted by atomic mass is 79.9. The molecular formula is C19H17BrN4O3. The third kappa shape index (κ3) is 4.06. The van der Waals surface area contributed by atoms with E-state index in [4.69, 9.17) is 4.74 Å². The number of hydrogen-bond acceptors (Lipinski definition) is 5. The van der Waals surface area contributed by atoms with Crippen molar-refractivity contribution < 1.29 is 9.53 Å². The topological polar surface area (TPSA) is 97.0 Å². The standard InChI is InChI=1S/C19H17BrN4O3/c1-10-6-7-13(9-15(10)27-19-14(20)5-4-8-21-19)22-17(25)16-11(2)12(3)23-24-18(16)26/h4-9H,1-3H3,(H,22,25)(H,24,26). The minimum Gasteiger partial charge on any atom is -0.438 e.